The highest BCUT2D eigenvalue weighted by Crippen LogP contribution is 2.17. The molecule has 0 aliphatic rings. The van der Waals surface area contributed by atoms with Crippen LogP contribution in [0.4, 0.5) is 0 Å². The maximum atomic E-state index is 11.6. The Balaban J connectivity index is 2.29. The molecule has 2 nitrogen and oxygen atoms in total. The van der Waals surface area contributed by atoms with Crippen LogP contribution in [-0.2, 0) is 11.3 Å². The second kappa shape index (κ2) is 6.18. The number of hydrogen-bond donors (Lipinski definition) is 1. The largest absolute Gasteiger partial charge is 0.350 e. The Hall–Kier alpha value is -0.480. The first kappa shape index (κ1) is 12.6. The van der Waals surface area contributed by atoms with Crippen molar-refractivity contribution >= 4 is 29.0 Å². The molecule has 0 aromatic carbocycles. The van der Waals surface area contributed by atoms with Crippen LogP contribution in [0.2, 0.25) is 0 Å². The summed E-state index contributed by atoms with van der Waals surface area (Å²) in [5.41, 5.74) is 0. The molecule has 1 atom stereocenters. The molecular weight excluding hydrogens is 226 g/mol. The van der Waals surface area contributed by atoms with E-state index in [0.29, 0.717) is 11.8 Å². The smallest absolute Gasteiger partial charge is 0.233 e. The molecule has 1 N–H and O–H groups in total. The van der Waals surface area contributed by atoms with E-state index in [9.17, 15) is 4.79 Å². The zero-order valence-corrected chi connectivity index (χ0v) is 11.0. The topological polar surface area (TPSA) is 29.1 Å². The summed E-state index contributed by atoms with van der Waals surface area (Å²) >= 11 is 3.36. The van der Waals surface area contributed by atoms with E-state index in [1.165, 1.54) is 4.88 Å². The molecular formula is C11H17NOS2. The van der Waals surface area contributed by atoms with Crippen LogP contribution in [0, 0.1) is 0 Å². The molecule has 1 amide bonds. The van der Waals surface area contributed by atoms with Crippen LogP contribution in [0.1, 0.15) is 25.6 Å². The fourth-order valence-corrected chi connectivity index (χ4v) is 2.87. The first-order valence-electron chi connectivity index (χ1n) is 5.05. The number of hydrogen-bond acceptors (Lipinski definition) is 3. The lowest BCUT2D eigenvalue weighted by Crippen LogP contribution is -2.30. The molecule has 84 valence electrons. The number of amides is 1. The number of carbonyl (C=O) groups excluding carboxylic acids is 1. The van der Waals surface area contributed by atoms with Crippen LogP contribution in [-0.4, -0.2) is 16.4 Å². The van der Waals surface area contributed by atoms with Gasteiger partial charge in [-0.25, -0.2) is 0 Å². The Morgan fingerprint density at radius 3 is 2.80 bits per heavy atom. The van der Waals surface area contributed by atoms with Crippen molar-refractivity contribution in [2.45, 2.75) is 37.8 Å². The summed E-state index contributed by atoms with van der Waals surface area (Å²) in [7, 11) is 0. The minimum atomic E-state index is 0.0324. The third kappa shape index (κ3) is 4.71. The summed E-state index contributed by atoms with van der Waals surface area (Å²) < 4.78 is 0. The number of rotatable bonds is 5. The molecule has 0 fully saturated rings. The molecule has 4 heteroatoms. The molecule has 1 aromatic rings. The van der Waals surface area contributed by atoms with Gasteiger partial charge < -0.3 is 5.32 Å². The van der Waals surface area contributed by atoms with Gasteiger partial charge in [-0.3, -0.25) is 4.79 Å². The molecule has 0 aliphatic heterocycles. The highest BCUT2D eigenvalue weighted by Gasteiger charge is 2.14. The first-order chi connectivity index (χ1) is 7.09. The molecule has 15 heavy (non-hydrogen) atoms. The second-order valence-corrected chi connectivity index (χ2v) is 6.58. The molecule has 0 spiro atoms. The third-order valence-corrected chi connectivity index (χ3v) is 3.91. The monoisotopic (exact) mass is 243 g/mol. The van der Waals surface area contributed by atoms with E-state index in [4.69, 9.17) is 0 Å². The standard InChI is InChI=1S/C11H17NOS2/c1-8(2)15-9(3)11(13)12-7-10-5-4-6-14-10/h4-6,8-9H,7H2,1-3H3,(H,12,13). The van der Waals surface area contributed by atoms with Crippen molar-refractivity contribution in [3.8, 4) is 0 Å². The van der Waals surface area contributed by atoms with E-state index >= 15 is 0 Å². The molecule has 1 unspecified atom stereocenters. The maximum Gasteiger partial charge on any atom is 0.233 e. The Morgan fingerprint density at radius 1 is 1.53 bits per heavy atom. The van der Waals surface area contributed by atoms with Crippen molar-refractivity contribution in [1.82, 2.24) is 5.32 Å². The molecule has 0 saturated carbocycles. The fraction of sp³-hybridized carbons (Fsp3) is 0.545. The minimum Gasteiger partial charge on any atom is -0.350 e. The number of nitrogens with one attached hydrogen (secondary N) is 1. The van der Waals surface area contributed by atoms with Crippen molar-refractivity contribution in [2.75, 3.05) is 0 Å². The van der Waals surface area contributed by atoms with Gasteiger partial charge in [0.2, 0.25) is 5.91 Å². The molecule has 0 bridgehead atoms. The SMILES string of the molecule is CC(C)SC(C)C(=O)NCc1cccs1. The van der Waals surface area contributed by atoms with Gasteiger partial charge in [0.15, 0.2) is 0 Å². The summed E-state index contributed by atoms with van der Waals surface area (Å²) in [6.45, 7) is 6.81. The molecule has 0 aliphatic carbocycles. The predicted octanol–water partition coefficient (Wildman–Crippen LogP) is 2.89. The summed E-state index contributed by atoms with van der Waals surface area (Å²) in [5.74, 6) is 0.127. The van der Waals surface area contributed by atoms with E-state index in [-0.39, 0.29) is 11.2 Å². The highest BCUT2D eigenvalue weighted by molar-refractivity contribution is 8.01. The summed E-state index contributed by atoms with van der Waals surface area (Å²) in [6, 6.07) is 4.03. The Morgan fingerprint density at radius 2 is 2.27 bits per heavy atom. The normalized spacial score (nSPS) is 12.8. The Bertz CT molecular complexity index is 296. The molecule has 1 rings (SSSR count). The fourth-order valence-electron chi connectivity index (χ4n) is 1.20. The lowest BCUT2D eigenvalue weighted by Gasteiger charge is -2.13. The van der Waals surface area contributed by atoms with Crippen molar-refractivity contribution in [3.05, 3.63) is 22.4 Å². The van der Waals surface area contributed by atoms with Crippen molar-refractivity contribution in [3.63, 3.8) is 0 Å². The van der Waals surface area contributed by atoms with Gasteiger partial charge in [0.25, 0.3) is 0 Å². The van der Waals surface area contributed by atoms with E-state index in [1.54, 1.807) is 23.1 Å². The molecule has 1 heterocycles. The van der Waals surface area contributed by atoms with Crippen LogP contribution in [0.5, 0.6) is 0 Å². The molecule has 1 aromatic heterocycles. The van der Waals surface area contributed by atoms with E-state index in [2.05, 4.69) is 19.2 Å². The van der Waals surface area contributed by atoms with Gasteiger partial charge in [-0.05, 0) is 23.6 Å². The average molecular weight is 243 g/mol. The molecule has 0 saturated heterocycles. The van der Waals surface area contributed by atoms with Gasteiger partial charge in [0.1, 0.15) is 0 Å². The average Bonchev–Trinajstić information content (AvgIpc) is 2.65. The minimum absolute atomic E-state index is 0.0324. The first-order valence-corrected chi connectivity index (χ1v) is 6.87. The van der Waals surface area contributed by atoms with E-state index in [1.807, 2.05) is 24.4 Å². The second-order valence-electron chi connectivity index (χ2n) is 3.62. The van der Waals surface area contributed by atoms with Gasteiger partial charge in [0, 0.05) is 4.88 Å². The van der Waals surface area contributed by atoms with Crippen LogP contribution >= 0.6 is 23.1 Å². The van der Waals surface area contributed by atoms with Crippen LogP contribution < -0.4 is 5.32 Å². The van der Waals surface area contributed by atoms with Gasteiger partial charge >= 0.3 is 0 Å². The van der Waals surface area contributed by atoms with Gasteiger partial charge in [-0.15, -0.1) is 23.1 Å². The van der Waals surface area contributed by atoms with Crippen molar-refractivity contribution in [2.24, 2.45) is 0 Å². The lowest BCUT2D eigenvalue weighted by atomic mass is 10.4. The number of thioether (sulfide) groups is 1. The quantitative estimate of drug-likeness (QED) is 0.861. The summed E-state index contributed by atoms with van der Waals surface area (Å²) in [6.07, 6.45) is 0. The number of carbonyl (C=O) groups is 1. The van der Waals surface area contributed by atoms with Crippen LogP contribution in [0.3, 0.4) is 0 Å². The lowest BCUT2D eigenvalue weighted by molar-refractivity contribution is -0.120. The van der Waals surface area contributed by atoms with Crippen LogP contribution in [0.25, 0.3) is 0 Å². The van der Waals surface area contributed by atoms with Crippen molar-refractivity contribution < 1.29 is 4.79 Å². The van der Waals surface area contributed by atoms with Gasteiger partial charge in [0.05, 0.1) is 11.8 Å². The predicted molar refractivity (Wildman–Crippen MR) is 68.4 cm³/mol. The zero-order valence-electron chi connectivity index (χ0n) is 9.32. The van der Waals surface area contributed by atoms with E-state index < -0.39 is 0 Å². The van der Waals surface area contributed by atoms with Crippen LogP contribution in [0.15, 0.2) is 17.5 Å². The maximum absolute atomic E-state index is 11.6. The zero-order chi connectivity index (χ0) is 11.3. The Kier molecular flexibility index (Phi) is 5.19. The Labute approximate surface area is 99.5 Å². The highest BCUT2D eigenvalue weighted by atomic mass is 32.2. The third-order valence-electron chi connectivity index (χ3n) is 1.86. The van der Waals surface area contributed by atoms with Crippen molar-refractivity contribution in [1.29, 1.82) is 0 Å². The number of thiophene rings is 1. The van der Waals surface area contributed by atoms with Gasteiger partial charge in [-0.2, -0.15) is 0 Å². The van der Waals surface area contributed by atoms with Gasteiger partial charge in [-0.1, -0.05) is 19.9 Å². The summed E-state index contributed by atoms with van der Waals surface area (Å²) in [4.78, 5) is 12.8. The molecule has 0 radical (unpaired) electrons. The summed E-state index contributed by atoms with van der Waals surface area (Å²) in [5, 5.41) is 5.49. The van der Waals surface area contributed by atoms with E-state index in [0.717, 1.165) is 0 Å².